The van der Waals surface area contributed by atoms with Gasteiger partial charge in [-0.15, -0.1) is 11.8 Å². The fourth-order valence-electron chi connectivity index (χ4n) is 1.46. The number of para-hydroxylation sites is 2. The van der Waals surface area contributed by atoms with Gasteiger partial charge in [-0.3, -0.25) is 0 Å². The molecular weight excluding hydrogens is 244 g/mol. The number of pyridine rings is 1. The molecule has 0 radical (unpaired) electrons. The number of nitrogens with two attached hydrogens (primary N) is 1. The molecule has 1 aromatic carbocycles. The summed E-state index contributed by atoms with van der Waals surface area (Å²) in [6.45, 7) is 0.675. The molecule has 2 aromatic rings. The van der Waals surface area contributed by atoms with Gasteiger partial charge in [0.2, 0.25) is 0 Å². The van der Waals surface area contributed by atoms with Crippen LogP contribution in [0.15, 0.2) is 53.7 Å². The van der Waals surface area contributed by atoms with Gasteiger partial charge in [-0.2, -0.15) is 0 Å². The molecule has 18 heavy (non-hydrogen) atoms. The van der Waals surface area contributed by atoms with Crippen LogP contribution in [0.3, 0.4) is 0 Å². The number of nitrogen functional groups attached to an aromatic ring is 1. The third-order valence-corrected chi connectivity index (χ3v) is 3.38. The van der Waals surface area contributed by atoms with Gasteiger partial charge in [0.15, 0.2) is 0 Å². The Balaban J connectivity index is 1.66. The van der Waals surface area contributed by atoms with E-state index in [1.807, 2.05) is 48.7 Å². The summed E-state index contributed by atoms with van der Waals surface area (Å²) in [5.41, 5.74) is 6.48. The van der Waals surface area contributed by atoms with Crippen molar-refractivity contribution in [1.82, 2.24) is 4.98 Å². The fraction of sp³-hybridized carbons (Fsp3) is 0.214. The van der Waals surface area contributed by atoms with E-state index >= 15 is 0 Å². The van der Waals surface area contributed by atoms with Gasteiger partial charge < -0.3 is 10.5 Å². The largest absolute Gasteiger partial charge is 0.491 e. The van der Waals surface area contributed by atoms with E-state index in [0.29, 0.717) is 12.3 Å². The minimum absolute atomic E-state index is 0.675. The number of hydrogen-bond acceptors (Lipinski definition) is 4. The minimum Gasteiger partial charge on any atom is -0.491 e. The highest BCUT2D eigenvalue weighted by Crippen LogP contribution is 2.20. The van der Waals surface area contributed by atoms with Gasteiger partial charge in [0.25, 0.3) is 0 Å². The van der Waals surface area contributed by atoms with Crippen molar-refractivity contribution in [3.8, 4) is 5.75 Å². The summed E-state index contributed by atoms with van der Waals surface area (Å²) in [7, 11) is 0. The maximum atomic E-state index is 5.79. The van der Waals surface area contributed by atoms with Gasteiger partial charge >= 0.3 is 0 Å². The van der Waals surface area contributed by atoms with Gasteiger partial charge in [0, 0.05) is 11.9 Å². The number of nitrogens with zero attached hydrogens (tertiary/aromatic N) is 1. The molecule has 0 saturated heterocycles. The monoisotopic (exact) mass is 260 g/mol. The van der Waals surface area contributed by atoms with Crippen molar-refractivity contribution in [1.29, 1.82) is 0 Å². The molecule has 4 heteroatoms. The van der Waals surface area contributed by atoms with Crippen molar-refractivity contribution in [3.05, 3.63) is 48.7 Å². The quantitative estimate of drug-likeness (QED) is 0.492. The lowest BCUT2D eigenvalue weighted by Crippen LogP contribution is -2.01. The smallest absolute Gasteiger partial charge is 0.142 e. The average Bonchev–Trinajstić information content (AvgIpc) is 2.42. The average molecular weight is 260 g/mol. The number of aromatic nitrogens is 1. The van der Waals surface area contributed by atoms with Gasteiger partial charge in [0.1, 0.15) is 5.75 Å². The molecule has 0 bridgehead atoms. The van der Waals surface area contributed by atoms with E-state index in [9.17, 15) is 0 Å². The van der Waals surface area contributed by atoms with Crippen LogP contribution in [0.5, 0.6) is 5.75 Å². The molecule has 0 aliphatic rings. The molecule has 0 unspecified atom stereocenters. The molecule has 2 rings (SSSR count). The van der Waals surface area contributed by atoms with Crippen LogP contribution in [0.4, 0.5) is 5.69 Å². The van der Waals surface area contributed by atoms with Gasteiger partial charge in [-0.25, -0.2) is 4.98 Å². The van der Waals surface area contributed by atoms with Crippen molar-refractivity contribution < 1.29 is 4.74 Å². The Kier molecular flexibility index (Phi) is 4.90. The van der Waals surface area contributed by atoms with Crippen LogP contribution < -0.4 is 10.5 Å². The van der Waals surface area contributed by atoms with Crippen LogP contribution in [0.1, 0.15) is 6.42 Å². The number of ether oxygens (including phenoxy) is 1. The molecule has 3 nitrogen and oxygen atoms in total. The molecule has 1 heterocycles. The third kappa shape index (κ3) is 3.96. The van der Waals surface area contributed by atoms with Gasteiger partial charge in [-0.1, -0.05) is 18.2 Å². The maximum Gasteiger partial charge on any atom is 0.142 e. The number of anilines is 1. The first-order valence-corrected chi connectivity index (χ1v) is 6.86. The SMILES string of the molecule is Nc1ccccc1OCCCSc1ccccn1. The van der Waals surface area contributed by atoms with Crippen molar-refractivity contribution >= 4 is 17.4 Å². The predicted molar refractivity (Wildman–Crippen MR) is 75.9 cm³/mol. The van der Waals surface area contributed by atoms with E-state index < -0.39 is 0 Å². The summed E-state index contributed by atoms with van der Waals surface area (Å²) in [5.74, 6) is 1.75. The van der Waals surface area contributed by atoms with Gasteiger partial charge in [-0.05, 0) is 30.7 Å². The Morgan fingerprint density at radius 3 is 2.72 bits per heavy atom. The van der Waals surface area contributed by atoms with E-state index in [1.54, 1.807) is 11.8 Å². The number of benzene rings is 1. The summed E-state index contributed by atoms with van der Waals surface area (Å²) < 4.78 is 5.62. The second-order valence-corrected chi connectivity index (χ2v) is 4.87. The Bertz CT molecular complexity index is 476. The molecule has 1 aromatic heterocycles. The van der Waals surface area contributed by atoms with Crippen LogP contribution in [0.25, 0.3) is 0 Å². The second-order valence-electron chi connectivity index (χ2n) is 3.76. The van der Waals surface area contributed by atoms with Gasteiger partial charge in [0.05, 0.1) is 17.3 Å². The Morgan fingerprint density at radius 1 is 1.11 bits per heavy atom. The molecule has 0 fully saturated rings. The van der Waals surface area contributed by atoms with Crippen molar-refractivity contribution in [3.63, 3.8) is 0 Å². The van der Waals surface area contributed by atoms with Crippen LogP contribution in [0, 0.1) is 0 Å². The Morgan fingerprint density at radius 2 is 1.94 bits per heavy atom. The van der Waals surface area contributed by atoms with E-state index in [2.05, 4.69) is 4.98 Å². The highest BCUT2D eigenvalue weighted by atomic mass is 32.2. The summed E-state index contributed by atoms with van der Waals surface area (Å²) in [5, 5.41) is 1.05. The lowest BCUT2D eigenvalue weighted by molar-refractivity contribution is 0.320. The van der Waals surface area contributed by atoms with Crippen molar-refractivity contribution in [2.75, 3.05) is 18.1 Å². The molecule has 94 valence electrons. The standard InChI is InChI=1S/C14H16N2OS/c15-12-6-1-2-7-13(12)17-10-5-11-18-14-8-3-4-9-16-14/h1-4,6-9H,5,10-11,15H2. The van der Waals surface area contributed by atoms with E-state index in [0.717, 1.165) is 22.9 Å². The maximum absolute atomic E-state index is 5.79. The predicted octanol–water partition coefficient (Wildman–Crippen LogP) is 3.23. The lowest BCUT2D eigenvalue weighted by Gasteiger charge is -2.07. The first-order valence-electron chi connectivity index (χ1n) is 5.87. The summed E-state index contributed by atoms with van der Waals surface area (Å²) in [6, 6.07) is 13.5. The molecule has 0 saturated carbocycles. The first-order chi connectivity index (χ1) is 8.86. The molecule has 0 spiro atoms. The van der Waals surface area contributed by atoms with Crippen LogP contribution in [-0.2, 0) is 0 Å². The number of rotatable bonds is 6. The molecule has 0 aliphatic carbocycles. The topological polar surface area (TPSA) is 48.1 Å². The van der Waals surface area contributed by atoms with Crippen molar-refractivity contribution in [2.45, 2.75) is 11.4 Å². The summed E-state index contributed by atoms with van der Waals surface area (Å²) in [6.07, 6.45) is 2.78. The summed E-state index contributed by atoms with van der Waals surface area (Å²) >= 11 is 1.74. The molecule has 2 N–H and O–H groups in total. The molecule has 0 aliphatic heterocycles. The highest BCUT2D eigenvalue weighted by molar-refractivity contribution is 7.99. The molecular formula is C14H16N2OS. The fourth-order valence-corrected chi connectivity index (χ4v) is 2.24. The second kappa shape index (κ2) is 6.91. The zero-order valence-electron chi connectivity index (χ0n) is 10.1. The normalized spacial score (nSPS) is 10.2. The zero-order valence-corrected chi connectivity index (χ0v) is 10.9. The highest BCUT2D eigenvalue weighted by Gasteiger charge is 1.98. The van der Waals surface area contributed by atoms with Crippen LogP contribution in [-0.4, -0.2) is 17.3 Å². The minimum atomic E-state index is 0.675. The zero-order chi connectivity index (χ0) is 12.6. The van der Waals surface area contributed by atoms with E-state index in [4.69, 9.17) is 10.5 Å². The number of hydrogen-bond donors (Lipinski definition) is 1. The van der Waals surface area contributed by atoms with Crippen molar-refractivity contribution in [2.24, 2.45) is 0 Å². The van der Waals surface area contributed by atoms with E-state index in [-0.39, 0.29) is 0 Å². The van der Waals surface area contributed by atoms with Crippen LogP contribution >= 0.6 is 11.8 Å². The lowest BCUT2D eigenvalue weighted by atomic mass is 10.3. The Hall–Kier alpha value is -1.68. The third-order valence-electron chi connectivity index (χ3n) is 2.35. The Labute approximate surface area is 111 Å². The first kappa shape index (κ1) is 12.8. The van der Waals surface area contributed by atoms with E-state index in [1.165, 1.54) is 0 Å². The van der Waals surface area contributed by atoms with Crippen LogP contribution in [0.2, 0.25) is 0 Å². The summed E-state index contributed by atoms with van der Waals surface area (Å²) in [4.78, 5) is 4.25. The molecule has 0 atom stereocenters. The molecule has 0 amide bonds. The number of thioether (sulfide) groups is 1.